The summed E-state index contributed by atoms with van der Waals surface area (Å²) in [7, 11) is 3.64. The van der Waals surface area contributed by atoms with E-state index in [2.05, 4.69) is 42.0 Å². The lowest BCUT2D eigenvalue weighted by Crippen LogP contribution is -2.64. The van der Waals surface area contributed by atoms with Crippen molar-refractivity contribution < 1.29 is 4.74 Å². The van der Waals surface area contributed by atoms with Crippen molar-refractivity contribution in [2.24, 2.45) is 4.99 Å². The zero-order valence-electron chi connectivity index (χ0n) is 17.0. The molecule has 4 fully saturated rings. The number of hydrogen-bond acceptors (Lipinski definition) is 5. The first-order chi connectivity index (χ1) is 13.3. The van der Waals surface area contributed by atoms with Gasteiger partial charge in [0.05, 0.1) is 12.8 Å². The van der Waals surface area contributed by atoms with Gasteiger partial charge in [0, 0.05) is 78.5 Å². The molecule has 2 bridgehead atoms. The van der Waals surface area contributed by atoms with Crippen molar-refractivity contribution >= 4 is 35.6 Å². The molecule has 4 saturated heterocycles. The number of fused-ring (bicyclic) bond motifs is 3. The van der Waals surface area contributed by atoms with Gasteiger partial charge in [-0.05, 0) is 12.1 Å². The Labute approximate surface area is 185 Å². The van der Waals surface area contributed by atoms with E-state index in [1.807, 2.05) is 19.2 Å². The molecular formula is C20H33IN6O. The fourth-order valence-electron chi connectivity index (χ4n) is 4.51. The molecule has 7 nitrogen and oxygen atoms in total. The summed E-state index contributed by atoms with van der Waals surface area (Å²) in [5.41, 5.74) is 1.18. The topological polar surface area (TPSA) is 46.6 Å². The van der Waals surface area contributed by atoms with E-state index in [4.69, 9.17) is 4.74 Å². The van der Waals surface area contributed by atoms with Gasteiger partial charge in [0.1, 0.15) is 5.75 Å². The molecule has 28 heavy (non-hydrogen) atoms. The van der Waals surface area contributed by atoms with Gasteiger partial charge in [0.25, 0.3) is 0 Å². The Balaban J connectivity index is 0.00000225. The second-order valence-electron chi connectivity index (χ2n) is 7.56. The first-order valence-corrected chi connectivity index (χ1v) is 10.1. The lowest BCUT2D eigenvalue weighted by atomic mass is 10.1. The number of para-hydroxylation sites is 2. The number of rotatable bonds is 4. The second-order valence-corrected chi connectivity index (χ2v) is 7.56. The molecule has 1 atom stereocenters. The Kier molecular flexibility index (Phi) is 7.64. The third kappa shape index (κ3) is 4.65. The van der Waals surface area contributed by atoms with E-state index in [0.717, 1.165) is 44.4 Å². The summed E-state index contributed by atoms with van der Waals surface area (Å²) in [5.74, 6) is 1.98. The summed E-state index contributed by atoms with van der Waals surface area (Å²) in [5, 5.41) is 3.64. The number of aliphatic imine (C=N–C) groups is 1. The number of anilines is 1. The summed E-state index contributed by atoms with van der Waals surface area (Å²) in [6.45, 7) is 10.9. The average Bonchev–Trinajstić information content (AvgIpc) is 2.75. The number of benzene rings is 1. The van der Waals surface area contributed by atoms with Gasteiger partial charge in [0.15, 0.2) is 5.96 Å². The van der Waals surface area contributed by atoms with Crippen LogP contribution in [0.4, 0.5) is 5.69 Å². The molecular weight excluding hydrogens is 467 g/mol. The molecule has 0 aromatic heterocycles. The highest BCUT2D eigenvalue weighted by Gasteiger charge is 2.32. The maximum absolute atomic E-state index is 5.52. The maximum atomic E-state index is 5.52. The molecule has 156 valence electrons. The Morgan fingerprint density at radius 3 is 2.39 bits per heavy atom. The van der Waals surface area contributed by atoms with E-state index in [9.17, 15) is 0 Å². The van der Waals surface area contributed by atoms with Crippen LogP contribution in [0.25, 0.3) is 0 Å². The predicted molar refractivity (Wildman–Crippen MR) is 125 cm³/mol. The first-order valence-electron chi connectivity index (χ1n) is 10.1. The van der Waals surface area contributed by atoms with E-state index < -0.39 is 0 Å². The zero-order chi connectivity index (χ0) is 18.6. The SMILES string of the molecule is CN=C(NCC1CN2CCN1CC2)N1CCN(c2ccccc2OC)CC1.I. The number of guanidine groups is 1. The van der Waals surface area contributed by atoms with Gasteiger partial charge < -0.3 is 19.9 Å². The summed E-state index contributed by atoms with van der Waals surface area (Å²) in [4.78, 5) is 14.5. The van der Waals surface area contributed by atoms with Crippen LogP contribution in [-0.2, 0) is 0 Å². The van der Waals surface area contributed by atoms with E-state index in [1.165, 1.54) is 38.4 Å². The number of nitrogens with one attached hydrogen (secondary N) is 1. The second kappa shape index (κ2) is 9.98. The van der Waals surface area contributed by atoms with Gasteiger partial charge in [-0.3, -0.25) is 14.8 Å². The largest absolute Gasteiger partial charge is 0.495 e. The number of hydrogen-bond donors (Lipinski definition) is 1. The fourth-order valence-corrected chi connectivity index (χ4v) is 4.51. The zero-order valence-corrected chi connectivity index (χ0v) is 19.3. The van der Waals surface area contributed by atoms with E-state index in [1.54, 1.807) is 7.11 Å². The molecule has 1 aromatic rings. The molecule has 8 heteroatoms. The Bertz CT molecular complexity index is 656. The molecule has 0 saturated carbocycles. The average molecular weight is 500 g/mol. The van der Waals surface area contributed by atoms with Crippen molar-refractivity contribution in [1.82, 2.24) is 20.0 Å². The van der Waals surface area contributed by atoms with Crippen LogP contribution in [0.5, 0.6) is 5.75 Å². The lowest BCUT2D eigenvalue weighted by molar-refractivity contribution is 0.0152. The van der Waals surface area contributed by atoms with Crippen LogP contribution in [0.2, 0.25) is 0 Å². The van der Waals surface area contributed by atoms with Crippen LogP contribution >= 0.6 is 24.0 Å². The van der Waals surface area contributed by atoms with Gasteiger partial charge in [0.2, 0.25) is 0 Å². The first kappa shape index (κ1) is 21.4. The Morgan fingerprint density at radius 1 is 1.07 bits per heavy atom. The minimum absolute atomic E-state index is 0. The predicted octanol–water partition coefficient (Wildman–Crippen LogP) is 1.01. The number of halogens is 1. The quantitative estimate of drug-likeness (QED) is 0.379. The van der Waals surface area contributed by atoms with Gasteiger partial charge in [-0.15, -0.1) is 24.0 Å². The summed E-state index contributed by atoms with van der Waals surface area (Å²) < 4.78 is 5.52. The molecule has 0 radical (unpaired) electrons. The molecule has 1 aromatic carbocycles. The molecule has 4 heterocycles. The molecule has 0 aliphatic carbocycles. The van der Waals surface area contributed by atoms with Crippen LogP contribution in [-0.4, -0.2) is 106 Å². The summed E-state index contributed by atoms with van der Waals surface area (Å²) >= 11 is 0. The lowest BCUT2D eigenvalue weighted by Gasteiger charge is -2.48. The highest BCUT2D eigenvalue weighted by molar-refractivity contribution is 14.0. The highest BCUT2D eigenvalue weighted by atomic mass is 127. The van der Waals surface area contributed by atoms with Gasteiger partial charge in [-0.1, -0.05) is 12.1 Å². The molecule has 4 aliphatic rings. The standard InChI is InChI=1S/C20H32N6O.HI/c1-21-20(22-15-17-16-23-7-9-24(17)10-8-23)26-13-11-25(12-14-26)18-5-3-4-6-19(18)27-2;/h3-6,17H,7-16H2,1-2H3,(H,21,22);1H. The monoisotopic (exact) mass is 500 g/mol. The van der Waals surface area contributed by atoms with Crippen LogP contribution in [0.3, 0.4) is 0 Å². The fraction of sp³-hybridized carbons (Fsp3) is 0.650. The maximum Gasteiger partial charge on any atom is 0.193 e. The Hall–Kier alpha value is -1.26. The highest BCUT2D eigenvalue weighted by Crippen LogP contribution is 2.28. The van der Waals surface area contributed by atoms with Gasteiger partial charge in [-0.25, -0.2) is 0 Å². The minimum Gasteiger partial charge on any atom is -0.495 e. The number of piperazine rings is 4. The number of methoxy groups -OCH3 is 1. The molecule has 5 rings (SSSR count). The van der Waals surface area contributed by atoms with E-state index in [0.29, 0.717) is 6.04 Å². The number of nitrogens with zero attached hydrogens (tertiary/aromatic N) is 5. The van der Waals surface area contributed by atoms with Crippen molar-refractivity contribution in [3.8, 4) is 5.75 Å². The molecule has 4 aliphatic heterocycles. The summed E-state index contributed by atoms with van der Waals surface area (Å²) in [6, 6.07) is 8.89. The van der Waals surface area contributed by atoms with Crippen molar-refractivity contribution in [2.45, 2.75) is 6.04 Å². The van der Waals surface area contributed by atoms with Crippen LogP contribution in [0.1, 0.15) is 0 Å². The van der Waals surface area contributed by atoms with Crippen molar-refractivity contribution in [3.05, 3.63) is 24.3 Å². The molecule has 1 unspecified atom stereocenters. The third-order valence-electron chi connectivity index (χ3n) is 6.10. The van der Waals surface area contributed by atoms with Crippen LogP contribution < -0.4 is 15.0 Å². The van der Waals surface area contributed by atoms with Crippen molar-refractivity contribution in [2.75, 3.05) is 84.5 Å². The van der Waals surface area contributed by atoms with E-state index >= 15 is 0 Å². The van der Waals surface area contributed by atoms with Gasteiger partial charge in [-0.2, -0.15) is 0 Å². The van der Waals surface area contributed by atoms with E-state index in [-0.39, 0.29) is 24.0 Å². The minimum atomic E-state index is 0. The third-order valence-corrected chi connectivity index (χ3v) is 6.10. The Morgan fingerprint density at radius 2 is 1.79 bits per heavy atom. The van der Waals surface area contributed by atoms with Crippen LogP contribution in [0.15, 0.2) is 29.3 Å². The number of ether oxygens (including phenoxy) is 1. The molecule has 0 spiro atoms. The summed E-state index contributed by atoms with van der Waals surface area (Å²) in [6.07, 6.45) is 0. The normalized spacial score (nSPS) is 27.4. The van der Waals surface area contributed by atoms with Crippen molar-refractivity contribution in [1.29, 1.82) is 0 Å². The smallest absolute Gasteiger partial charge is 0.193 e. The molecule has 0 amide bonds. The molecule has 1 N–H and O–H groups in total. The van der Waals surface area contributed by atoms with Crippen molar-refractivity contribution in [3.63, 3.8) is 0 Å². The van der Waals surface area contributed by atoms with Crippen LogP contribution in [0, 0.1) is 0 Å². The van der Waals surface area contributed by atoms with Gasteiger partial charge >= 0.3 is 0 Å².